The standard InChI is InChI=1S/C17H17NO/c1-2-19-17-10-8-15(9-11-17)16(13-18)12-14-6-4-3-5-7-14/h3-11,16H,2,12H2,1H3. The Labute approximate surface area is 114 Å². The van der Waals surface area contributed by atoms with Crippen LogP contribution in [0.2, 0.25) is 0 Å². The molecule has 1 atom stereocenters. The van der Waals surface area contributed by atoms with Gasteiger partial charge in [0.05, 0.1) is 18.6 Å². The van der Waals surface area contributed by atoms with Gasteiger partial charge < -0.3 is 4.74 Å². The zero-order valence-corrected chi connectivity index (χ0v) is 11.0. The van der Waals surface area contributed by atoms with Gasteiger partial charge in [0, 0.05) is 0 Å². The van der Waals surface area contributed by atoms with Crippen LogP contribution in [0.1, 0.15) is 24.0 Å². The summed E-state index contributed by atoms with van der Waals surface area (Å²) in [6.07, 6.45) is 0.741. The molecule has 0 saturated heterocycles. The van der Waals surface area contributed by atoms with Crippen molar-refractivity contribution in [1.82, 2.24) is 0 Å². The third-order valence-corrected chi connectivity index (χ3v) is 3.03. The molecule has 1 unspecified atom stereocenters. The molecule has 0 heterocycles. The van der Waals surface area contributed by atoms with Gasteiger partial charge in [-0.25, -0.2) is 0 Å². The van der Waals surface area contributed by atoms with E-state index in [1.165, 1.54) is 5.56 Å². The minimum absolute atomic E-state index is 0.113. The van der Waals surface area contributed by atoms with Crippen LogP contribution in [0.5, 0.6) is 5.75 Å². The van der Waals surface area contributed by atoms with Crippen LogP contribution in [0.25, 0.3) is 0 Å². The minimum atomic E-state index is -0.113. The minimum Gasteiger partial charge on any atom is -0.494 e. The SMILES string of the molecule is CCOc1ccc(C(C#N)Cc2ccccc2)cc1. The molecular formula is C17H17NO. The Hall–Kier alpha value is -2.27. The van der Waals surface area contributed by atoms with Crippen molar-refractivity contribution in [3.05, 3.63) is 65.7 Å². The van der Waals surface area contributed by atoms with Crippen molar-refractivity contribution < 1.29 is 4.74 Å². The fourth-order valence-electron chi connectivity index (χ4n) is 2.05. The first kappa shape index (κ1) is 13.2. The molecule has 0 radical (unpaired) electrons. The molecule has 0 aromatic heterocycles. The summed E-state index contributed by atoms with van der Waals surface area (Å²) in [7, 11) is 0. The van der Waals surface area contributed by atoms with Gasteiger partial charge in [-0.2, -0.15) is 5.26 Å². The Kier molecular flexibility index (Phi) is 4.58. The van der Waals surface area contributed by atoms with Crippen LogP contribution in [-0.4, -0.2) is 6.61 Å². The number of hydrogen-bond acceptors (Lipinski definition) is 2. The van der Waals surface area contributed by atoms with Crippen LogP contribution in [0.4, 0.5) is 0 Å². The summed E-state index contributed by atoms with van der Waals surface area (Å²) in [4.78, 5) is 0. The maximum Gasteiger partial charge on any atom is 0.119 e. The Balaban J connectivity index is 2.12. The summed E-state index contributed by atoms with van der Waals surface area (Å²) in [5.74, 6) is 0.737. The molecule has 0 bridgehead atoms. The van der Waals surface area contributed by atoms with E-state index in [1.54, 1.807) is 0 Å². The van der Waals surface area contributed by atoms with E-state index in [2.05, 4.69) is 18.2 Å². The topological polar surface area (TPSA) is 33.0 Å². The highest BCUT2D eigenvalue weighted by Gasteiger charge is 2.11. The van der Waals surface area contributed by atoms with E-state index in [9.17, 15) is 5.26 Å². The van der Waals surface area contributed by atoms with Crippen LogP contribution in [0.3, 0.4) is 0 Å². The monoisotopic (exact) mass is 251 g/mol. The molecule has 0 aliphatic rings. The van der Waals surface area contributed by atoms with Crippen molar-refractivity contribution in [2.45, 2.75) is 19.3 Å². The normalized spacial score (nSPS) is 11.6. The third kappa shape index (κ3) is 3.59. The highest BCUT2D eigenvalue weighted by Crippen LogP contribution is 2.22. The van der Waals surface area contributed by atoms with E-state index < -0.39 is 0 Å². The molecular weight excluding hydrogens is 234 g/mol. The lowest BCUT2D eigenvalue weighted by Crippen LogP contribution is -2.00. The summed E-state index contributed by atoms with van der Waals surface area (Å²) in [5.41, 5.74) is 2.22. The second kappa shape index (κ2) is 6.61. The van der Waals surface area contributed by atoms with Gasteiger partial charge in [0.2, 0.25) is 0 Å². The fourth-order valence-corrected chi connectivity index (χ4v) is 2.05. The average molecular weight is 251 g/mol. The van der Waals surface area contributed by atoms with Crippen molar-refractivity contribution in [3.8, 4) is 11.8 Å². The maximum atomic E-state index is 9.33. The predicted molar refractivity (Wildman–Crippen MR) is 76.1 cm³/mol. The first-order chi connectivity index (χ1) is 9.33. The van der Waals surface area contributed by atoms with Gasteiger partial charge in [-0.3, -0.25) is 0 Å². The van der Waals surface area contributed by atoms with Crippen molar-refractivity contribution >= 4 is 0 Å². The van der Waals surface area contributed by atoms with E-state index in [0.29, 0.717) is 6.61 Å². The Morgan fingerprint density at radius 3 is 2.32 bits per heavy atom. The molecule has 2 heteroatoms. The average Bonchev–Trinajstić information content (AvgIpc) is 2.47. The van der Waals surface area contributed by atoms with Crippen molar-refractivity contribution in [2.75, 3.05) is 6.61 Å². The second-order valence-electron chi connectivity index (χ2n) is 4.37. The molecule has 2 aromatic carbocycles. The first-order valence-electron chi connectivity index (χ1n) is 6.49. The van der Waals surface area contributed by atoms with E-state index in [4.69, 9.17) is 4.74 Å². The molecule has 19 heavy (non-hydrogen) atoms. The van der Waals surface area contributed by atoms with Crippen molar-refractivity contribution in [1.29, 1.82) is 5.26 Å². The molecule has 0 saturated carbocycles. The van der Waals surface area contributed by atoms with Gasteiger partial charge in [0.1, 0.15) is 5.75 Å². The smallest absolute Gasteiger partial charge is 0.119 e. The lowest BCUT2D eigenvalue weighted by Gasteiger charge is -2.10. The Morgan fingerprint density at radius 1 is 1.05 bits per heavy atom. The lowest BCUT2D eigenvalue weighted by molar-refractivity contribution is 0.340. The zero-order chi connectivity index (χ0) is 13.5. The highest BCUT2D eigenvalue weighted by atomic mass is 16.5. The largest absolute Gasteiger partial charge is 0.494 e. The molecule has 2 nitrogen and oxygen atoms in total. The summed E-state index contributed by atoms with van der Waals surface area (Å²) < 4.78 is 5.41. The van der Waals surface area contributed by atoms with Gasteiger partial charge in [0.15, 0.2) is 0 Å². The first-order valence-corrected chi connectivity index (χ1v) is 6.49. The van der Waals surface area contributed by atoms with E-state index in [0.717, 1.165) is 17.7 Å². The van der Waals surface area contributed by atoms with Crippen molar-refractivity contribution in [2.24, 2.45) is 0 Å². The van der Waals surface area contributed by atoms with E-state index >= 15 is 0 Å². The van der Waals surface area contributed by atoms with Gasteiger partial charge >= 0.3 is 0 Å². The molecule has 0 spiro atoms. The quantitative estimate of drug-likeness (QED) is 0.806. The number of nitrogens with zero attached hydrogens (tertiary/aromatic N) is 1. The van der Waals surface area contributed by atoms with Crippen LogP contribution in [0.15, 0.2) is 54.6 Å². The summed E-state index contributed by atoms with van der Waals surface area (Å²) in [6, 6.07) is 20.3. The summed E-state index contributed by atoms with van der Waals surface area (Å²) in [6.45, 7) is 2.62. The van der Waals surface area contributed by atoms with E-state index in [-0.39, 0.29) is 5.92 Å². The van der Waals surface area contributed by atoms with Crippen LogP contribution < -0.4 is 4.74 Å². The zero-order valence-electron chi connectivity index (χ0n) is 11.0. The van der Waals surface area contributed by atoms with Gasteiger partial charge in [0.25, 0.3) is 0 Å². The van der Waals surface area contributed by atoms with E-state index in [1.807, 2.05) is 49.4 Å². The van der Waals surface area contributed by atoms with Crippen LogP contribution in [-0.2, 0) is 6.42 Å². The molecule has 0 N–H and O–H groups in total. The molecule has 0 aliphatic carbocycles. The van der Waals surface area contributed by atoms with Crippen LogP contribution in [0, 0.1) is 11.3 Å². The van der Waals surface area contributed by atoms with Crippen molar-refractivity contribution in [3.63, 3.8) is 0 Å². The Bertz CT molecular complexity index is 540. The number of benzene rings is 2. The summed E-state index contributed by atoms with van der Waals surface area (Å²) >= 11 is 0. The predicted octanol–water partition coefficient (Wildman–Crippen LogP) is 3.94. The maximum absolute atomic E-state index is 9.33. The number of rotatable bonds is 5. The Morgan fingerprint density at radius 2 is 1.74 bits per heavy atom. The molecule has 2 aromatic rings. The molecule has 0 amide bonds. The highest BCUT2D eigenvalue weighted by molar-refractivity contribution is 5.33. The second-order valence-corrected chi connectivity index (χ2v) is 4.37. The molecule has 0 aliphatic heterocycles. The van der Waals surface area contributed by atoms with Gasteiger partial charge in [-0.1, -0.05) is 42.5 Å². The van der Waals surface area contributed by atoms with Crippen LogP contribution >= 0.6 is 0 Å². The fraction of sp³-hybridized carbons (Fsp3) is 0.235. The number of hydrogen-bond donors (Lipinski definition) is 0. The molecule has 2 rings (SSSR count). The van der Waals surface area contributed by atoms with Gasteiger partial charge in [-0.05, 0) is 36.6 Å². The molecule has 96 valence electrons. The summed E-state index contributed by atoms with van der Waals surface area (Å²) in [5, 5.41) is 9.33. The number of ether oxygens (including phenoxy) is 1. The van der Waals surface area contributed by atoms with Gasteiger partial charge in [-0.15, -0.1) is 0 Å². The third-order valence-electron chi connectivity index (χ3n) is 3.03. The lowest BCUT2D eigenvalue weighted by atomic mass is 9.93. The molecule has 0 fully saturated rings. The number of nitriles is 1.